The van der Waals surface area contributed by atoms with Crippen LogP contribution in [-0.2, 0) is 17.3 Å². The Hall–Kier alpha value is -3.20. The second-order valence-electron chi connectivity index (χ2n) is 8.99. The lowest BCUT2D eigenvalue weighted by Gasteiger charge is -2.11. The molecule has 0 aliphatic heterocycles. The molecular formula is C23H21N5O. The van der Waals surface area contributed by atoms with Crippen LogP contribution in [-0.4, -0.2) is 20.7 Å². The van der Waals surface area contributed by atoms with Gasteiger partial charge in [-0.05, 0) is 65.7 Å². The number of pyridine rings is 1. The second kappa shape index (κ2) is 5.44. The van der Waals surface area contributed by atoms with Gasteiger partial charge < -0.3 is 5.32 Å². The van der Waals surface area contributed by atoms with E-state index in [2.05, 4.69) is 33.6 Å². The van der Waals surface area contributed by atoms with Crippen molar-refractivity contribution in [3.05, 3.63) is 54.0 Å². The van der Waals surface area contributed by atoms with Gasteiger partial charge >= 0.3 is 0 Å². The number of anilines is 1. The van der Waals surface area contributed by atoms with Gasteiger partial charge in [-0.25, -0.2) is 4.98 Å². The number of nitrogens with zero attached hydrogens (tertiary/aromatic N) is 4. The van der Waals surface area contributed by atoms with Gasteiger partial charge in [-0.3, -0.25) is 9.48 Å². The fourth-order valence-corrected chi connectivity index (χ4v) is 5.03. The van der Waals surface area contributed by atoms with Gasteiger partial charge in [-0.1, -0.05) is 12.1 Å². The molecule has 3 aliphatic carbocycles. The largest absolute Gasteiger partial charge is 0.310 e. The van der Waals surface area contributed by atoms with Crippen molar-refractivity contribution in [3.63, 3.8) is 0 Å². The first-order valence-corrected chi connectivity index (χ1v) is 10.1. The summed E-state index contributed by atoms with van der Waals surface area (Å²) < 4.78 is 1.77. The molecule has 0 saturated heterocycles. The minimum atomic E-state index is -0.307. The molecule has 3 atom stereocenters. The zero-order valence-electron chi connectivity index (χ0n) is 16.2. The Morgan fingerprint density at radius 3 is 2.83 bits per heavy atom. The number of hydrogen-bond donors (Lipinski definition) is 1. The number of nitriles is 1. The zero-order valence-corrected chi connectivity index (χ0v) is 16.2. The van der Waals surface area contributed by atoms with E-state index in [0.717, 1.165) is 47.6 Å². The lowest BCUT2D eigenvalue weighted by atomic mass is 9.92. The number of carbonyl (C=O) groups is 1. The van der Waals surface area contributed by atoms with E-state index in [-0.39, 0.29) is 28.6 Å². The third-order valence-electron chi connectivity index (χ3n) is 7.17. The highest BCUT2D eigenvalue weighted by Gasteiger charge is 2.75. The van der Waals surface area contributed by atoms with Crippen LogP contribution in [0.3, 0.4) is 0 Å². The number of fused-ring (bicyclic) bond motifs is 1. The first kappa shape index (κ1) is 16.7. The SMILES string of the molecule is Cn1cc([C@@H]2C[C@H]2C(=O)Nc2cc3cc([C@@]4(C#N)CC45CC5)ccc3cn2)cn1. The van der Waals surface area contributed by atoms with E-state index in [0.29, 0.717) is 5.82 Å². The predicted octanol–water partition coefficient (Wildman–Crippen LogP) is 3.66. The van der Waals surface area contributed by atoms with Gasteiger partial charge in [0.1, 0.15) is 5.82 Å². The first-order chi connectivity index (χ1) is 14.0. The fourth-order valence-electron chi connectivity index (χ4n) is 5.03. The van der Waals surface area contributed by atoms with E-state index >= 15 is 0 Å². The van der Waals surface area contributed by atoms with Crippen molar-refractivity contribution in [2.24, 2.45) is 18.4 Å². The Labute approximate surface area is 168 Å². The maximum Gasteiger partial charge on any atom is 0.229 e. The summed E-state index contributed by atoms with van der Waals surface area (Å²) in [6.45, 7) is 0. The summed E-state index contributed by atoms with van der Waals surface area (Å²) in [5.41, 5.74) is 2.15. The lowest BCUT2D eigenvalue weighted by molar-refractivity contribution is -0.117. The molecule has 0 bridgehead atoms. The average molecular weight is 383 g/mol. The third-order valence-corrected chi connectivity index (χ3v) is 7.17. The number of carbonyl (C=O) groups excluding carboxylic acids is 1. The van der Waals surface area contributed by atoms with Crippen LogP contribution >= 0.6 is 0 Å². The topological polar surface area (TPSA) is 83.6 Å². The molecule has 3 aromatic rings. The maximum atomic E-state index is 12.7. The molecule has 2 heterocycles. The molecule has 1 N–H and O–H groups in total. The normalized spacial score (nSPS) is 28.1. The standard InChI is InChI=1S/C23H21N5O/c1-28-11-16(10-26-28)18-8-19(18)21(29)27-20-7-15-6-17(3-2-14(15)9-25-20)23(13-24)12-22(23)4-5-22/h2-3,6-7,9-11,18-19H,4-5,8,12H2,1H3,(H,25,27,29)/t18-,19+,23-/m0/s1. The smallest absolute Gasteiger partial charge is 0.229 e. The number of aromatic nitrogens is 3. The van der Waals surface area contributed by atoms with E-state index in [4.69, 9.17) is 0 Å². The lowest BCUT2D eigenvalue weighted by Crippen LogP contribution is -2.15. The molecule has 2 aromatic heterocycles. The average Bonchev–Trinajstić information content (AvgIpc) is 3.67. The number of nitrogens with one attached hydrogen (secondary N) is 1. The van der Waals surface area contributed by atoms with Crippen LogP contribution in [0, 0.1) is 22.7 Å². The highest BCUT2D eigenvalue weighted by molar-refractivity contribution is 5.96. The van der Waals surface area contributed by atoms with E-state index in [9.17, 15) is 10.1 Å². The summed E-state index contributed by atoms with van der Waals surface area (Å²) in [5.74, 6) is 0.802. The summed E-state index contributed by atoms with van der Waals surface area (Å²) in [4.78, 5) is 17.1. The van der Waals surface area contributed by atoms with Crippen molar-refractivity contribution in [2.75, 3.05) is 5.32 Å². The summed E-state index contributed by atoms with van der Waals surface area (Å²) in [6.07, 6.45) is 9.76. The summed E-state index contributed by atoms with van der Waals surface area (Å²) >= 11 is 0. The van der Waals surface area contributed by atoms with Crippen LogP contribution < -0.4 is 5.32 Å². The Morgan fingerprint density at radius 2 is 2.14 bits per heavy atom. The first-order valence-electron chi connectivity index (χ1n) is 10.1. The Balaban J connectivity index is 1.23. The number of amides is 1. The maximum absolute atomic E-state index is 12.7. The molecule has 29 heavy (non-hydrogen) atoms. The highest BCUT2D eigenvalue weighted by Crippen LogP contribution is 2.78. The molecule has 3 fully saturated rings. The minimum absolute atomic E-state index is 0.00878. The van der Waals surface area contributed by atoms with Crippen molar-refractivity contribution < 1.29 is 4.79 Å². The highest BCUT2D eigenvalue weighted by atomic mass is 16.2. The van der Waals surface area contributed by atoms with Crippen LogP contribution in [0.1, 0.15) is 42.7 Å². The van der Waals surface area contributed by atoms with Crippen LogP contribution in [0.4, 0.5) is 5.82 Å². The van der Waals surface area contributed by atoms with Crippen molar-refractivity contribution in [1.29, 1.82) is 5.26 Å². The molecule has 1 amide bonds. The molecule has 6 nitrogen and oxygen atoms in total. The molecule has 0 radical (unpaired) electrons. The van der Waals surface area contributed by atoms with Crippen molar-refractivity contribution in [1.82, 2.24) is 14.8 Å². The molecule has 6 rings (SSSR count). The molecule has 1 spiro atoms. The van der Waals surface area contributed by atoms with E-state index in [1.807, 2.05) is 31.6 Å². The van der Waals surface area contributed by atoms with Crippen LogP contribution in [0.25, 0.3) is 10.8 Å². The second-order valence-corrected chi connectivity index (χ2v) is 8.99. The van der Waals surface area contributed by atoms with E-state index in [1.54, 1.807) is 10.9 Å². The van der Waals surface area contributed by atoms with E-state index in [1.165, 1.54) is 0 Å². The van der Waals surface area contributed by atoms with Gasteiger partial charge in [0.2, 0.25) is 5.91 Å². The van der Waals surface area contributed by atoms with Crippen molar-refractivity contribution >= 4 is 22.5 Å². The van der Waals surface area contributed by atoms with Gasteiger partial charge in [0.05, 0.1) is 17.7 Å². The monoisotopic (exact) mass is 383 g/mol. The molecular weight excluding hydrogens is 362 g/mol. The molecule has 1 aromatic carbocycles. The van der Waals surface area contributed by atoms with Crippen LogP contribution in [0.15, 0.2) is 42.9 Å². The summed E-state index contributed by atoms with van der Waals surface area (Å²) in [5, 5.41) is 19.0. The van der Waals surface area contributed by atoms with Crippen LogP contribution in [0.2, 0.25) is 0 Å². The Morgan fingerprint density at radius 1 is 1.28 bits per heavy atom. The summed E-state index contributed by atoms with van der Waals surface area (Å²) in [6, 6.07) is 10.7. The van der Waals surface area contributed by atoms with Gasteiger partial charge in [-0.2, -0.15) is 10.4 Å². The Kier molecular flexibility index (Phi) is 3.14. The van der Waals surface area contributed by atoms with Crippen molar-refractivity contribution in [2.45, 2.75) is 37.0 Å². The fraction of sp³-hybridized carbons (Fsp3) is 0.391. The van der Waals surface area contributed by atoms with E-state index < -0.39 is 0 Å². The number of rotatable bonds is 4. The number of hydrogen-bond acceptors (Lipinski definition) is 4. The van der Waals surface area contributed by atoms with Crippen molar-refractivity contribution in [3.8, 4) is 6.07 Å². The molecule has 144 valence electrons. The number of benzene rings is 1. The van der Waals surface area contributed by atoms with Gasteiger partial charge in [0.25, 0.3) is 0 Å². The summed E-state index contributed by atoms with van der Waals surface area (Å²) in [7, 11) is 1.89. The molecule has 3 saturated carbocycles. The third kappa shape index (κ3) is 2.43. The van der Waals surface area contributed by atoms with Gasteiger partial charge in [0.15, 0.2) is 0 Å². The number of aryl methyl sites for hydroxylation is 1. The molecule has 0 unspecified atom stereocenters. The predicted molar refractivity (Wildman–Crippen MR) is 108 cm³/mol. The quantitative estimate of drug-likeness (QED) is 0.745. The minimum Gasteiger partial charge on any atom is -0.310 e. The van der Waals surface area contributed by atoms with Gasteiger partial charge in [-0.15, -0.1) is 0 Å². The molecule has 6 heteroatoms. The Bertz CT molecular complexity index is 1220. The van der Waals surface area contributed by atoms with Crippen LogP contribution in [0.5, 0.6) is 0 Å². The zero-order chi connectivity index (χ0) is 19.8. The molecule has 3 aliphatic rings. The van der Waals surface area contributed by atoms with Gasteiger partial charge in [0, 0.05) is 30.7 Å².